The SMILES string of the molecule is CC(C)(C)OC(=O)N1CCN(c2nc3c([nH]2)C(=O)N(COCc2ccccc2)NC3)CC1. The molecule has 3 heterocycles. The minimum Gasteiger partial charge on any atom is -0.444 e. The van der Waals surface area contributed by atoms with Gasteiger partial charge in [-0.25, -0.2) is 20.2 Å². The van der Waals surface area contributed by atoms with Gasteiger partial charge < -0.3 is 24.3 Å². The maximum atomic E-state index is 12.9. The average molecular weight is 443 g/mol. The molecule has 2 aliphatic heterocycles. The van der Waals surface area contributed by atoms with E-state index in [1.807, 2.05) is 56.0 Å². The van der Waals surface area contributed by atoms with E-state index < -0.39 is 5.60 Å². The third kappa shape index (κ3) is 5.20. The Kier molecular flexibility index (Phi) is 6.33. The summed E-state index contributed by atoms with van der Waals surface area (Å²) >= 11 is 0. The van der Waals surface area contributed by atoms with Crippen LogP contribution < -0.4 is 10.3 Å². The number of piperazine rings is 1. The van der Waals surface area contributed by atoms with E-state index in [9.17, 15) is 9.59 Å². The van der Waals surface area contributed by atoms with Gasteiger partial charge in [-0.2, -0.15) is 0 Å². The lowest BCUT2D eigenvalue weighted by Gasteiger charge is -2.35. The zero-order valence-corrected chi connectivity index (χ0v) is 18.8. The zero-order chi connectivity index (χ0) is 22.7. The third-order valence-corrected chi connectivity index (χ3v) is 5.23. The molecule has 32 heavy (non-hydrogen) atoms. The van der Waals surface area contributed by atoms with E-state index >= 15 is 0 Å². The highest BCUT2D eigenvalue weighted by Gasteiger charge is 2.31. The van der Waals surface area contributed by atoms with E-state index in [0.717, 1.165) is 5.56 Å². The van der Waals surface area contributed by atoms with Crippen molar-refractivity contribution in [2.24, 2.45) is 0 Å². The first-order valence-electron chi connectivity index (χ1n) is 10.8. The van der Waals surface area contributed by atoms with Crippen LogP contribution in [-0.4, -0.2) is 70.4 Å². The lowest BCUT2D eigenvalue weighted by Crippen LogP contribution is -2.50. The summed E-state index contributed by atoms with van der Waals surface area (Å²) in [6.07, 6.45) is -0.304. The number of hydrogen-bond acceptors (Lipinski definition) is 7. The molecule has 172 valence electrons. The lowest BCUT2D eigenvalue weighted by molar-refractivity contribution is -0.00713. The van der Waals surface area contributed by atoms with Gasteiger partial charge in [0.25, 0.3) is 5.91 Å². The van der Waals surface area contributed by atoms with Crippen molar-refractivity contribution in [1.82, 2.24) is 25.3 Å². The quantitative estimate of drug-likeness (QED) is 0.731. The second-order valence-electron chi connectivity index (χ2n) is 8.87. The fourth-order valence-electron chi connectivity index (χ4n) is 3.59. The highest BCUT2D eigenvalue weighted by molar-refractivity contribution is 5.94. The standard InChI is InChI=1S/C22H30N6O4/c1-22(2,3)32-21(30)27-11-9-26(10-12-27)20-24-17-13-23-28(19(29)18(17)25-20)15-31-14-16-7-5-4-6-8-16/h4-8,23H,9-15H2,1-3H3,(H,24,25). The van der Waals surface area contributed by atoms with Crippen LogP contribution in [0.15, 0.2) is 30.3 Å². The van der Waals surface area contributed by atoms with Gasteiger partial charge >= 0.3 is 6.09 Å². The number of imidazole rings is 1. The monoisotopic (exact) mass is 442 g/mol. The molecule has 1 saturated heterocycles. The Morgan fingerprint density at radius 3 is 2.53 bits per heavy atom. The number of anilines is 1. The Morgan fingerprint density at radius 1 is 1.12 bits per heavy atom. The van der Waals surface area contributed by atoms with Gasteiger partial charge in [-0.1, -0.05) is 30.3 Å². The third-order valence-electron chi connectivity index (χ3n) is 5.23. The molecule has 0 bridgehead atoms. The number of benzene rings is 1. The number of aromatic amines is 1. The first kappa shape index (κ1) is 22.1. The highest BCUT2D eigenvalue weighted by Crippen LogP contribution is 2.21. The van der Waals surface area contributed by atoms with Crippen molar-refractivity contribution in [2.75, 3.05) is 37.8 Å². The van der Waals surface area contributed by atoms with Crippen molar-refractivity contribution in [1.29, 1.82) is 0 Å². The van der Waals surface area contributed by atoms with Crippen LogP contribution in [0.25, 0.3) is 0 Å². The van der Waals surface area contributed by atoms with Gasteiger partial charge in [-0.05, 0) is 26.3 Å². The predicted molar refractivity (Wildman–Crippen MR) is 118 cm³/mol. The number of fused-ring (bicyclic) bond motifs is 1. The summed E-state index contributed by atoms with van der Waals surface area (Å²) in [4.78, 5) is 36.6. The van der Waals surface area contributed by atoms with Crippen LogP contribution in [0.4, 0.5) is 10.7 Å². The van der Waals surface area contributed by atoms with E-state index in [1.165, 1.54) is 5.01 Å². The number of carbonyl (C=O) groups is 2. The predicted octanol–water partition coefficient (Wildman–Crippen LogP) is 2.10. The molecule has 1 fully saturated rings. The van der Waals surface area contributed by atoms with Gasteiger partial charge in [0.15, 0.2) is 0 Å². The Hall–Kier alpha value is -3.11. The minimum absolute atomic E-state index is 0.135. The molecule has 2 aromatic rings. The topological polar surface area (TPSA) is 103 Å². The first-order valence-corrected chi connectivity index (χ1v) is 10.8. The normalized spacial score (nSPS) is 16.8. The van der Waals surface area contributed by atoms with Gasteiger partial charge in [0.2, 0.25) is 5.95 Å². The summed E-state index contributed by atoms with van der Waals surface area (Å²) in [5.74, 6) is 0.437. The van der Waals surface area contributed by atoms with Gasteiger partial charge in [-0.3, -0.25) is 4.79 Å². The molecular formula is C22H30N6O4. The number of nitrogens with one attached hydrogen (secondary N) is 2. The maximum Gasteiger partial charge on any atom is 0.410 e. The van der Waals surface area contributed by atoms with Crippen LogP contribution in [0.1, 0.15) is 42.5 Å². The summed E-state index contributed by atoms with van der Waals surface area (Å²) in [5.41, 5.74) is 4.74. The molecule has 1 aromatic heterocycles. The number of carbonyl (C=O) groups excluding carboxylic acids is 2. The fraction of sp³-hybridized carbons (Fsp3) is 0.500. The molecule has 10 heteroatoms. The number of H-pyrrole nitrogens is 1. The van der Waals surface area contributed by atoms with E-state index in [0.29, 0.717) is 56.7 Å². The molecule has 2 amide bonds. The lowest BCUT2D eigenvalue weighted by atomic mass is 10.2. The van der Waals surface area contributed by atoms with Crippen LogP contribution in [0, 0.1) is 0 Å². The zero-order valence-electron chi connectivity index (χ0n) is 18.8. The molecule has 0 radical (unpaired) electrons. The number of hydrogen-bond donors (Lipinski definition) is 2. The minimum atomic E-state index is -0.516. The largest absolute Gasteiger partial charge is 0.444 e. The molecule has 0 aliphatic carbocycles. The molecule has 10 nitrogen and oxygen atoms in total. The second kappa shape index (κ2) is 9.17. The van der Waals surface area contributed by atoms with Crippen LogP contribution in [0.3, 0.4) is 0 Å². The molecule has 0 atom stereocenters. The molecular weight excluding hydrogens is 412 g/mol. The summed E-state index contributed by atoms with van der Waals surface area (Å²) in [6, 6.07) is 9.82. The van der Waals surface area contributed by atoms with Gasteiger partial charge in [0, 0.05) is 26.2 Å². The van der Waals surface area contributed by atoms with Crippen molar-refractivity contribution in [3.8, 4) is 0 Å². The highest BCUT2D eigenvalue weighted by atomic mass is 16.6. The van der Waals surface area contributed by atoms with E-state index in [1.54, 1.807) is 4.90 Å². The van der Waals surface area contributed by atoms with Gasteiger partial charge in [0.1, 0.15) is 18.0 Å². The van der Waals surface area contributed by atoms with E-state index in [4.69, 9.17) is 9.47 Å². The van der Waals surface area contributed by atoms with Crippen molar-refractivity contribution in [3.63, 3.8) is 0 Å². The molecule has 0 spiro atoms. The summed E-state index contributed by atoms with van der Waals surface area (Å²) < 4.78 is 11.1. The summed E-state index contributed by atoms with van der Waals surface area (Å²) in [5, 5.41) is 1.45. The van der Waals surface area contributed by atoms with E-state index in [-0.39, 0.29) is 18.7 Å². The Bertz CT molecular complexity index is 947. The van der Waals surface area contributed by atoms with Crippen LogP contribution >= 0.6 is 0 Å². The van der Waals surface area contributed by atoms with Crippen LogP contribution in [0.5, 0.6) is 0 Å². The summed E-state index contributed by atoms with van der Waals surface area (Å²) in [7, 11) is 0. The van der Waals surface area contributed by atoms with Gasteiger partial charge in [-0.15, -0.1) is 0 Å². The number of nitrogens with zero attached hydrogens (tertiary/aromatic N) is 4. The van der Waals surface area contributed by atoms with Crippen LogP contribution in [-0.2, 0) is 22.6 Å². The Morgan fingerprint density at radius 2 is 1.84 bits per heavy atom. The number of amides is 2. The number of hydrazine groups is 1. The smallest absolute Gasteiger partial charge is 0.410 e. The second-order valence-corrected chi connectivity index (χ2v) is 8.87. The van der Waals surface area contributed by atoms with Crippen molar-refractivity contribution in [2.45, 2.75) is 39.5 Å². The van der Waals surface area contributed by atoms with E-state index in [2.05, 4.69) is 15.4 Å². The molecule has 4 rings (SSSR count). The molecule has 1 aromatic carbocycles. The van der Waals surface area contributed by atoms with Crippen molar-refractivity contribution < 1.29 is 19.1 Å². The van der Waals surface area contributed by atoms with Crippen LogP contribution in [0.2, 0.25) is 0 Å². The Balaban J connectivity index is 1.31. The maximum absolute atomic E-state index is 12.9. The number of ether oxygens (including phenoxy) is 2. The average Bonchev–Trinajstić information content (AvgIpc) is 3.20. The molecule has 2 N–H and O–H groups in total. The van der Waals surface area contributed by atoms with Gasteiger partial charge in [0.05, 0.1) is 18.8 Å². The fourth-order valence-corrected chi connectivity index (χ4v) is 3.59. The van der Waals surface area contributed by atoms with Crippen molar-refractivity contribution >= 4 is 17.9 Å². The molecule has 0 saturated carbocycles. The Labute approximate surface area is 187 Å². The molecule has 0 unspecified atom stereocenters. The molecule has 2 aliphatic rings. The number of rotatable bonds is 5. The summed E-state index contributed by atoms with van der Waals surface area (Å²) in [6.45, 7) is 8.85. The first-order chi connectivity index (χ1) is 15.3. The van der Waals surface area contributed by atoms with Crippen molar-refractivity contribution in [3.05, 3.63) is 47.3 Å². The number of aromatic nitrogens is 2.